The van der Waals surface area contributed by atoms with Crippen molar-refractivity contribution >= 4 is 34.5 Å². The molecule has 1 N–H and O–H groups in total. The smallest absolute Gasteiger partial charge is 0.326 e. The minimum Gasteiger partial charge on any atom is -0.453 e. The number of aromatic nitrogens is 1. The average molecular weight is 376 g/mol. The van der Waals surface area contributed by atoms with Crippen molar-refractivity contribution in [1.82, 2.24) is 9.88 Å². The van der Waals surface area contributed by atoms with Gasteiger partial charge in [-0.1, -0.05) is 30.3 Å². The second-order valence-electron chi connectivity index (χ2n) is 6.49. The lowest BCUT2D eigenvalue weighted by Gasteiger charge is -2.16. The number of hydrogen-bond acceptors (Lipinski definition) is 5. The van der Waals surface area contributed by atoms with Crippen molar-refractivity contribution in [2.45, 2.75) is 13.0 Å². The Labute approximate surface area is 159 Å². The fraction of sp³-hybridized carbons (Fsp3) is 0.143. The topological polar surface area (TPSA) is 96.5 Å². The number of H-pyrrole nitrogens is 1. The molecule has 0 fully saturated rings. The predicted octanol–water partition coefficient (Wildman–Crippen LogP) is 2.58. The number of nitrogens with one attached hydrogen (secondary N) is 1. The molecule has 0 aliphatic carbocycles. The molecule has 1 unspecified atom stereocenters. The van der Waals surface area contributed by atoms with Gasteiger partial charge in [0.2, 0.25) is 5.78 Å². The molecule has 1 aromatic heterocycles. The van der Waals surface area contributed by atoms with E-state index in [0.29, 0.717) is 5.56 Å². The molecular weight excluding hydrogens is 360 g/mol. The van der Waals surface area contributed by atoms with Crippen molar-refractivity contribution < 1.29 is 23.9 Å². The number of imide groups is 1. The van der Waals surface area contributed by atoms with Crippen LogP contribution in [0.1, 0.15) is 38.0 Å². The van der Waals surface area contributed by atoms with E-state index in [2.05, 4.69) is 4.98 Å². The van der Waals surface area contributed by atoms with Crippen molar-refractivity contribution in [1.29, 1.82) is 0 Å². The highest BCUT2D eigenvalue weighted by atomic mass is 16.5. The van der Waals surface area contributed by atoms with Crippen molar-refractivity contribution in [3.05, 3.63) is 71.4 Å². The number of ketones is 1. The summed E-state index contributed by atoms with van der Waals surface area (Å²) in [7, 11) is 0. The third kappa shape index (κ3) is 2.87. The van der Waals surface area contributed by atoms with Crippen LogP contribution >= 0.6 is 0 Å². The molecule has 7 heteroatoms. The first kappa shape index (κ1) is 17.7. The highest BCUT2D eigenvalue weighted by molar-refractivity contribution is 6.22. The van der Waals surface area contributed by atoms with Gasteiger partial charge in [0.25, 0.3) is 11.8 Å². The molecule has 140 valence electrons. The number of Topliss-reactive ketones (excluding diaryl/α,β-unsaturated/α-hetero) is 1. The number of rotatable bonds is 5. The molecule has 0 spiro atoms. The summed E-state index contributed by atoms with van der Waals surface area (Å²) in [6.45, 7) is 0.919. The summed E-state index contributed by atoms with van der Waals surface area (Å²) < 4.78 is 5.19. The minimum atomic E-state index is -1.05. The van der Waals surface area contributed by atoms with E-state index in [1.165, 1.54) is 19.1 Å². The van der Waals surface area contributed by atoms with Crippen molar-refractivity contribution in [3.8, 4) is 0 Å². The van der Waals surface area contributed by atoms with Gasteiger partial charge in [0.15, 0.2) is 6.10 Å². The fourth-order valence-electron chi connectivity index (χ4n) is 3.29. The number of benzene rings is 2. The first-order valence-corrected chi connectivity index (χ1v) is 8.72. The highest BCUT2D eigenvalue weighted by Gasteiger charge is 2.37. The molecule has 2 aromatic carbocycles. The average Bonchev–Trinajstić information content (AvgIpc) is 3.23. The molecule has 3 aromatic rings. The quantitative estimate of drug-likeness (QED) is 0.419. The summed E-state index contributed by atoms with van der Waals surface area (Å²) in [6, 6.07) is 13.7. The highest BCUT2D eigenvalue weighted by Crippen LogP contribution is 2.23. The summed E-state index contributed by atoms with van der Waals surface area (Å²) in [5.41, 5.74) is 1.72. The Morgan fingerprint density at radius 2 is 1.61 bits per heavy atom. The molecule has 0 saturated heterocycles. The van der Waals surface area contributed by atoms with E-state index >= 15 is 0 Å². The van der Waals surface area contributed by atoms with Gasteiger partial charge in [-0.15, -0.1) is 0 Å². The second-order valence-corrected chi connectivity index (χ2v) is 6.49. The predicted molar refractivity (Wildman–Crippen MR) is 100.0 cm³/mol. The molecule has 2 amide bonds. The normalized spacial score (nSPS) is 14.2. The fourth-order valence-corrected chi connectivity index (χ4v) is 3.29. The number of aromatic amines is 1. The van der Waals surface area contributed by atoms with Gasteiger partial charge in [-0.05, 0) is 25.1 Å². The van der Waals surface area contributed by atoms with E-state index in [0.717, 1.165) is 15.8 Å². The van der Waals surface area contributed by atoms with Crippen LogP contribution in [0.5, 0.6) is 0 Å². The standard InChI is InChI=1S/C21H16N2O5/c1-12(19(25)16-10-22-17-9-5-4-6-13(16)17)28-18(24)11-23-20(26)14-7-2-3-8-15(14)21(23)27/h2-10,12,22H,11H2,1H3. The third-order valence-electron chi connectivity index (χ3n) is 4.70. The Hall–Kier alpha value is -3.74. The number of amides is 2. The Kier molecular flexibility index (Phi) is 4.27. The SMILES string of the molecule is CC(OC(=O)CN1C(=O)c2ccccc2C1=O)C(=O)c1c[nH]c2ccccc12. The largest absolute Gasteiger partial charge is 0.453 e. The van der Waals surface area contributed by atoms with Gasteiger partial charge < -0.3 is 9.72 Å². The monoisotopic (exact) mass is 376 g/mol. The van der Waals surface area contributed by atoms with E-state index in [9.17, 15) is 19.2 Å². The number of para-hydroxylation sites is 1. The van der Waals surface area contributed by atoms with E-state index in [-0.39, 0.29) is 16.9 Å². The van der Waals surface area contributed by atoms with Crippen LogP contribution in [0, 0.1) is 0 Å². The van der Waals surface area contributed by atoms with Gasteiger partial charge in [-0.2, -0.15) is 0 Å². The number of hydrogen-bond donors (Lipinski definition) is 1. The zero-order chi connectivity index (χ0) is 19.8. The summed E-state index contributed by atoms with van der Waals surface area (Å²) >= 11 is 0. The molecule has 2 heterocycles. The summed E-state index contributed by atoms with van der Waals surface area (Å²) in [4.78, 5) is 53.4. The lowest BCUT2D eigenvalue weighted by atomic mass is 10.1. The Morgan fingerprint density at radius 3 is 2.29 bits per heavy atom. The molecule has 1 aliphatic rings. The molecule has 0 bridgehead atoms. The van der Waals surface area contributed by atoms with Crippen molar-refractivity contribution in [3.63, 3.8) is 0 Å². The van der Waals surface area contributed by atoms with Gasteiger partial charge in [-0.3, -0.25) is 24.1 Å². The van der Waals surface area contributed by atoms with Gasteiger partial charge >= 0.3 is 5.97 Å². The number of carbonyl (C=O) groups excluding carboxylic acids is 4. The van der Waals surface area contributed by atoms with E-state index in [1.807, 2.05) is 18.2 Å². The lowest BCUT2D eigenvalue weighted by Crippen LogP contribution is -2.37. The number of nitrogens with zero attached hydrogens (tertiary/aromatic N) is 1. The van der Waals surface area contributed by atoms with Crippen LogP contribution in [0.15, 0.2) is 54.7 Å². The van der Waals surface area contributed by atoms with Crippen LogP contribution in [0.4, 0.5) is 0 Å². The van der Waals surface area contributed by atoms with Gasteiger partial charge in [0, 0.05) is 22.7 Å². The first-order valence-electron chi connectivity index (χ1n) is 8.72. The zero-order valence-electron chi connectivity index (χ0n) is 15.0. The van der Waals surface area contributed by atoms with Crippen molar-refractivity contribution in [2.75, 3.05) is 6.54 Å². The minimum absolute atomic E-state index is 0.253. The molecule has 1 atom stereocenters. The molecule has 28 heavy (non-hydrogen) atoms. The second kappa shape index (κ2) is 6.77. The van der Waals surface area contributed by atoms with Gasteiger partial charge in [-0.25, -0.2) is 0 Å². The summed E-state index contributed by atoms with van der Waals surface area (Å²) in [6.07, 6.45) is 0.517. The Balaban J connectivity index is 1.45. The van der Waals surface area contributed by atoms with Gasteiger partial charge in [0.05, 0.1) is 11.1 Å². The van der Waals surface area contributed by atoms with Gasteiger partial charge in [0.1, 0.15) is 6.54 Å². The number of ether oxygens (including phenoxy) is 1. The maximum absolute atomic E-state index is 12.7. The molecular formula is C21H16N2O5. The van der Waals surface area contributed by atoms with Crippen LogP contribution in [-0.2, 0) is 9.53 Å². The number of fused-ring (bicyclic) bond motifs is 2. The third-order valence-corrected chi connectivity index (χ3v) is 4.70. The molecule has 4 rings (SSSR count). The van der Waals surface area contributed by atoms with Crippen molar-refractivity contribution in [2.24, 2.45) is 0 Å². The summed E-state index contributed by atoms with van der Waals surface area (Å²) in [5, 5.41) is 0.732. The maximum Gasteiger partial charge on any atom is 0.326 e. The van der Waals surface area contributed by atoms with Crippen LogP contribution < -0.4 is 0 Å². The summed E-state index contributed by atoms with van der Waals surface area (Å²) in [5.74, 6) is -2.29. The molecule has 1 aliphatic heterocycles. The van der Waals surface area contributed by atoms with Crippen LogP contribution in [0.2, 0.25) is 0 Å². The maximum atomic E-state index is 12.7. The van der Waals surface area contributed by atoms with Crippen LogP contribution in [0.3, 0.4) is 0 Å². The molecule has 0 radical (unpaired) electrons. The lowest BCUT2D eigenvalue weighted by molar-refractivity contribution is -0.146. The molecule has 0 saturated carbocycles. The molecule has 7 nitrogen and oxygen atoms in total. The van der Waals surface area contributed by atoms with E-state index < -0.39 is 30.4 Å². The van der Waals surface area contributed by atoms with Crippen LogP contribution in [-0.4, -0.2) is 46.1 Å². The first-order chi connectivity index (χ1) is 13.5. The Morgan fingerprint density at radius 1 is 1.00 bits per heavy atom. The number of carbonyl (C=O) groups is 4. The van der Waals surface area contributed by atoms with Crippen LogP contribution in [0.25, 0.3) is 10.9 Å². The van der Waals surface area contributed by atoms with E-state index in [1.54, 1.807) is 24.4 Å². The zero-order valence-corrected chi connectivity index (χ0v) is 15.0. The number of esters is 1. The Bertz CT molecular complexity index is 1100. The van der Waals surface area contributed by atoms with E-state index in [4.69, 9.17) is 4.74 Å².